The van der Waals surface area contributed by atoms with Gasteiger partial charge in [0.1, 0.15) is 5.01 Å². The number of nitrogens with one attached hydrogen (secondary N) is 1. The van der Waals surface area contributed by atoms with Crippen LogP contribution in [-0.2, 0) is 0 Å². The molecule has 2 rings (SSSR count). The van der Waals surface area contributed by atoms with Gasteiger partial charge >= 0.3 is 0 Å². The van der Waals surface area contributed by atoms with Crippen LogP contribution in [0, 0.1) is 12.8 Å². The minimum absolute atomic E-state index is 0.772. The first-order valence-electron chi connectivity index (χ1n) is 5.54. The maximum atomic E-state index is 4.06. The summed E-state index contributed by atoms with van der Waals surface area (Å²) in [6.45, 7) is 8.89. The Bertz CT molecular complexity index is 312. The monoisotopic (exact) mass is 226 g/mol. The van der Waals surface area contributed by atoms with Crippen molar-refractivity contribution in [3.8, 4) is 0 Å². The summed E-state index contributed by atoms with van der Waals surface area (Å²) in [5, 5.41) is 13.4. The molecule has 4 nitrogen and oxygen atoms in total. The van der Waals surface area contributed by atoms with Crippen molar-refractivity contribution < 1.29 is 0 Å². The van der Waals surface area contributed by atoms with E-state index < -0.39 is 0 Å². The van der Waals surface area contributed by atoms with Gasteiger partial charge < -0.3 is 10.2 Å². The number of hydrogen-bond acceptors (Lipinski definition) is 5. The van der Waals surface area contributed by atoms with Crippen LogP contribution in [0.2, 0.25) is 0 Å². The van der Waals surface area contributed by atoms with Crippen LogP contribution in [0.1, 0.15) is 18.4 Å². The van der Waals surface area contributed by atoms with E-state index >= 15 is 0 Å². The van der Waals surface area contributed by atoms with Gasteiger partial charge in [-0.15, -0.1) is 10.2 Å². The van der Waals surface area contributed by atoms with E-state index in [-0.39, 0.29) is 0 Å². The van der Waals surface area contributed by atoms with E-state index in [0.717, 1.165) is 22.6 Å². The van der Waals surface area contributed by atoms with Crippen LogP contribution in [0.25, 0.3) is 0 Å². The van der Waals surface area contributed by atoms with Gasteiger partial charge in [-0.3, -0.25) is 0 Å². The predicted octanol–water partition coefficient (Wildman–Crippen LogP) is 1.60. The molecule has 0 radical (unpaired) electrons. The molecule has 0 saturated carbocycles. The summed E-state index contributed by atoms with van der Waals surface area (Å²) in [5.41, 5.74) is 0. The molecule has 1 fully saturated rings. The fourth-order valence-electron chi connectivity index (χ4n) is 1.97. The lowest BCUT2D eigenvalue weighted by atomic mass is 10.1. The van der Waals surface area contributed by atoms with Crippen molar-refractivity contribution in [1.29, 1.82) is 0 Å². The maximum absolute atomic E-state index is 4.06. The zero-order chi connectivity index (χ0) is 10.7. The number of aryl methyl sites for hydroxylation is 1. The van der Waals surface area contributed by atoms with E-state index in [4.69, 9.17) is 0 Å². The van der Waals surface area contributed by atoms with Gasteiger partial charge in [0.2, 0.25) is 5.13 Å². The second kappa shape index (κ2) is 4.90. The second-order valence-electron chi connectivity index (χ2n) is 4.06. The second-order valence-corrected chi connectivity index (χ2v) is 5.24. The molecule has 1 aromatic rings. The Labute approximate surface area is 94.7 Å². The average Bonchev–Trinajstić information content (AvgIpc) is 2.83. The maximum Gasteiger partial charge on any atom is 0.205 e. The number of nitrogens with zero attached hydrogens (tertiary/aromatic N) is 3. The van der Waals surface area contributed by atoms with Crippen molar-refractivity contribution in [2.75, 3.05) is 31.5 Å². The van der Waals surface area contributed by atoms with Crippen LogP contribution in [0.4, 0.5) is 5.13 Å². The van der Waals surface area contributed by atoms with Gasteiger partial charge in [0.15, 0.2) is 0 Å². The van der Waals surface area contributed by atoms with Gasteiger partial charge in [0.05, 0.1) is 0 Å². The molecule has 0 amide bonds. The van der Waals surface area contributed by atoms with Crippen LogP contribution < -0.4 is 5.32 Å². The van der Waals surface area contributed by atoms with Crippen LogP contribution in [0.3, 0.4) is 0 Å². The highest BCUT2D eigenvalue weighted by atomic mass is 32.1. The third-order valence-corrected chi connectivity index (χ3v) is 3.68. The third kappa shape index (κ3) is 2.89. The Balaban J connectivity index is 1.75. The standard InChI is InChI=1S/C10H18N4S/c1-3-14-5-4-9(7-14)6-11-10-13-12-8(2)15-10/h9H,3-7H2,1-2H3,(H,11,13). The SMILES string of the molecule is CCN1CCC(CNc2nnc(C)s2)C1. The van der Waals surface area contributed by atoms with Gasteiger partial charge in [-0.05, 0) is 32.4 Å². The van der Waals surface area contributed by atoms with E-state index in [2.05, 4.69) is 27.3 Å². The van der Waals surface area contributed by atoms with Gasteiger partial charge in [0.25, 0.3) is 0 Å². The summed E-state index contributed by atoms with van der Waals surface area (Å²) < 4.78 is 0. The fourth-order valence-corrected chi connectivity index (χ4v) is 2.56. The van der Waals surface area contributed by atoms with Crippen molar-refractivity contribution >= 4 is 16.5 Å². The molecular formula is C10H18N4S. The van der Waals surface area contributed by atoms with Crippen LogP contribution in [0.15, 0.2) is 0 Å². The molecule has 15 heavy (non-hydrogen) atoms. The fraction of sp³-hybridized carbons (Fsp3) is 0.800. The molecule has 2 heterocycles. The van der Waals surface area contributed by atoms with E-state index in [1.54, 1.807) is 11.3 Å². The molecule has 0 spiro atoms. The van der Waals surface area contributed by atoms with Crippen LogP contribution in [-0.4, -0.2) is 41.3 Å². The summed E-state index contributed by atoms with van der Waals surface area (Å²) in [4.78, 5) is 2.50. The molecule has 0 bridgehead atoms. The summed E-state index contributed by atoms with van der Waals surface area (Å²) in [6, 6.07) is 0. The Morgan fingerprint density at radius 3 is 3.00 bits per heavy atom. The lowest BCUT2D eigenvalue weighted by Crippen LogP contribution is -2.22. The Morgan fingerprint density at radius 1 is 1.53 bits per heavy atom. The third-order valence-electron chi connectivity index (χ3n) is 2.89. The van der Waals surface area contributed by atoms with Crippen molar-refractivity contribution in [2.24, 2.45) is 5.92 Å². The van der Waals surface area contributed by atoms with Gasteiger partial charge in [-0.25, -0.2) is 0 Å². The van der Waals surface area contributed by atoms with E-state index in [1.807, 2.05) is 6.92 Å². The highest BCUT2D eigenvalue weighted by Gasteiger charge is 2.20. The Kier molecular flexibility index (Phi) is 3.53. The number of anilines is 1. The molecule has 84 valence electrons. The molecule has 1 aliphatic heterocycles. The average molecular weight is 226 g/mol. The zero-order valence-corrected chi connectivity index (χ0v) is 10.2. The molecule has 5 heteroatoms. The minimum atomic E-state index is 0.772. The smallest absolute Gasteiger partial charge is 0.205 e. The van der Waals surface area contributed by atoms with Gasteiger partial charge in [-0.2, -0.15) is 0 Å². The van der Waals surface area contributed by atoms with Crippen molar-refractivity contribution in [1.82, 2.24) is 15.1 Å². The molecule has 1 atom stereocenters. The normalized spacial score (nSPS) is 22.1. The molecule has 1 aliphatic rings. The quantitative estimate of drug-likeness (QED) is 0.846. The molecule has 0 aromatic carbocycles. The van der Waals surface area contributed by atoms with Gasteiger partial charge in [0, 0.05) is 13.1 Å². The van der Waals surface area contributed by atoms with Gasteiger partial charge in [-0.1, -0.05) is 18.3 Å². The molecule has 1 saturated heterocycles. The van der Waals surface area contributed by atoms with Crippen molar-refractivity contribution in [3.05, 3.63) is 5.01 Å². The topological polar surface area (TPSA) is 41.0 Å². The van der Waals surface area contributed by atoms with E-state index in [0.29, 0.717) is 0 Å². The number of aromatic nitrogens is 2. The zero-order valence-electron chi connectivity index (χ0n) is 9.36. The van der Waals surface area contributed by atoms with Crippen LogP contribution >= 0.6 is 11.3 Å². The van der Waals surface area contributed by atoms with Crippen molar-refractivity contribution in [2.45, 2.75) is 20.3 Å². The number of likely N-dealkylation sites (tertiary alicyclic amines) is 1. The first-order valence-corrected chi connectivity index (χ1v) is 6.36. The van der Waals surface area contributed by atoms with Crippen LogP contribution in [0.5, 0.6) is 0 Å². The first-order chi connectivity index (χ1) is 7.28. The number of rotatable bonds is 4. The first kappa shape index (κ1) is 10.8. The predicted molar refractivity (Wildman–Crippen MR) is 63.4 cm³/mol. The lowest BCUT2D eigenvalue weighted by molar-refractivity contribution is 0.345. The largest absolute Gasteiger partial charge is 0.360 e. The van der Waals surface area contributed by atoms with Crippen molar-refractivity contribution in [3.63, 3.8) is 0 Å². The van der Waals surface area contributed by atoms with E-state index in [1.165, 1.54) is 26.1 Å². The number of hydrogen-bond donors (Lipinski definition) is 1. The minimum Gasteiger partial charge on any atom is -0.360 e. The molecule has 1 aromatic heterocycles. The molecular weight excluding hydrogens is 208 g/mol. The summed E-state index contributed by atoms with van der Waals surface area (Å²) in [7, 11) is 0. The molecule has 0 aliphatic carbocycles. The summed E-state index contributed by atoms with van der Waals surface area (Å²) >= 11 is 1.63. The summed E-state index contributed by atoms with van der Waals surface area (Å²) in [6.07, 6.45) is 1.30. The highest BCUT2D eigenvalue weighted by molar-refractivity contribution is 7.15. The Hall–Kier alpha value is -0.680. The lowest BCUT2D eigenvalue weighted by Gasteiger charge is -2.12. The van der Waals surface area contributed by atoms with E-state index in [9.17, 15) is 0 Å². The summed E-state index contributed by atoms with van der Waals surface area (Å²) in [5.74, 6) is 0.772. The Morgan fingerprint density at radius 2 is 2.40 bits per heavy atom. The highest BCUT2D eigenvalue weighted by Crippen LogP contribution is 2.18. The molecule has 1 unspecified atom stereocenters. The molecule has 1 N–H and O–H groups in total.